The van der Waals surface area contributed by atoms with Gasteiger partial charge in [-0.25, -0.2) is 0 Å². The summed E-state index contributed by atoms with van der Waals surface area (Å²) in [6.45, 7) is 7.26. The third-order valence-corrected chi connectivity index (χ3v) is 3.69. The lowest BCUT2D eigenvalue weighted by molar-refractivity contribution is 0.583. The van der Waals surface area contributed by atoms with Crippen molar-refractivity contribution in [3.8, 4) is 0 Å². The maximum Gasteiger partial charge on any atom is 0.0768 e. The molecule has 0 aliphatic rings. The molecule has 2 aromatic rings. The molecule has 0 aliphatic carbocycles. The van der Waals surface area contributed by atoms with Crippen molar-refractivity contribution >= 4 is 11.6 Å². The van der Waals surface area contributed by atoms with Crippen LogP contribution in [0.25, 0.3) is 0 Å². The number of aromatic nitrogens is 1. The molecule has 0 saturated heterocycles. The van der Waals surface area contributed by atoms with Crippen molar-refractivity contribution in [2.45, 2.75) is 33.2 Å². The lowest BCUT2D eigenvalue weighted by Crippen LogP contribution is -2.25. The highest BCUT2D eigenvalue weighted by Crippen LogP contribution is 2.29. The van der Waals surface area contributed by atoms with Gasteiger partial charge in [0, 0.05) is 11.2 Å². The molecule has 2 nitrogen and oxygen atoms in total. The van der Waals surface area contributed by atoms with Crippen LogP contribution < -0.4 is 5.32 Å². The van der Waals surface area contributed by atoms with Crippen molar-refractivity contribution in [1.82, 2.24) is 10.3 Å². The van der Waals surface area contributed by atoms with Gasteiger partial charge in [0.1, 0.15) is 0 Å². The number of nitrogens with one attached hydrogen (secondary N) is 1. The number of pyridine rings is 1. The number of halogens is 1. The second kappa shape index (κ2) is 6.87. The zero-order valence-electron chi connectivity index (χ0n) is 12.3. The van der Waals surface area contributed by atoms with Crippen molar-refractivity contribution in [3.63, 3.8) is 0 Å². The predicted molar refractivity (Wildman–Crippen MR) is 85.3 cm³/mol. The Bertz CT molecular complexity index is 581. The summed E-state index contributed by atoms with van der Waals surface area (Å²) in [5.41, 5.74) is 4.51. The van der Waals surface area contributed by atoms with Gasteiger partial charge in [-0.05, 0) is 49.6 Å². The zero-order valence-corrected chi connectivity index (χ0v) is 13.0. The summed E-state index contributed by atoms with van der Waals surface area (Å²) >= 11 is 6.36. The predicted octanol–water partition coefficient (Wildman–Crippen LogP) is 4.44. The van der Waals surface area contributed by atoms with E-state index in [1.54, 1.807) is 0 Å². The van der Waals surface area contributed by atoms with E-state index in [-0.39, 0.29) is 6.04 Å². The van der Waals surface area contributed by atoms with Gasteiger partial charge in [-0.2, -0.15) is 0 Å². The van der Waals surface area contributed by atoms with Crippen molar-refractivity contribution in [1.29, 1.82) is 0 Å². The van der Waals surface area contributed by atoms with Crippen molar-refractivity contribution in [2.24, 2.45) is 0 Å². The van der Waals surface area contributed by atoms with E-state index < -0.39 is 0 Å². The SMILES string of the molecule is CCCNC(c1ccccc1Cl)c1ncc(C)cc1C. The van der Waals surface area contributed by atoms with Gasteiger partial charge >= 0.3 is 0 Å². The molecule has 1 N–H and O–H groups in total. The Balaban J connectivity index is 2.44. The van der Waals surface area contributed by atoms with E-state index in [4.69, 9.17) is 11.6 Å². The van der Waals surface area contributed by atoms with E-state index in [9.17, 15) is 0 Å². The quantitative estimate of drug-likeness (QED) is 0.880. The Kier molecular flexibility index (Phi) is 5.16. The molecule has 1 unspecified atom stereocenters. The average molecular weight is 289 g/mol. The molecule has 106 valence electrons. The fourth-order valence-corrected chi connectivity index (χ4v) is 2.62. The highest BCUT2D eigenvalue weighted by atomic mass is 35.5. The lowest BCUT2D eigenvalue weighted by Gasteiger charge is -2.21. The van der Waals surface area contributed by atoms with Gasteiger partial charge < -0.3 is 5.32 Å². The first kappa shape index (κ1) is 15.0. The van der Waals surface area contributed by atoms with Gasteiger partial charge in [-0.15, -0.1) is 0 Å². The summed E-state index contributed by atoms with van der Waals surface area (Å²) < 4.78 is 0. The first-order valence-electron chi connectivity index (χ1n) is 7.04. The number of hydrogen-bond acceptors (Lipinski definition) is 2. The van der Waals surface area contributed by atoms with Crippen molar-refractivity contribution in [2.75, 3.05) is 6.54 Å². The highest BCUT2D eigenvalue weighted by molar-refractivity contribution is 6.31. The van der Waals surface area contributed by atoms with Gasteiger partial charge in [0.15, 0.2) is 0 Å². The van der Waals surface area contributed by atoms with E-state index >= 15 is 0 Å². The second-order valence-corrected chi connectivity index (χ2v) is 5.53. The Morgan fingerprint density at radius 1 is 1.25 bits per heavy atom. The van der Waals surface area contributed by atoms with E-state index in [1.807, 2.05) is 24.4 Å². The monoisotopic (exact) mass is 288 g/mol. The van der Waals surface area contributed by atoms with Crippen LogP contribution in [-0.4, -0.2) is 11.5 Å². The van der Waals surface area contributed by atoms with Crippen LogP contribution in [-0.2, 0) is 0 Å². The number of nitrogens with zero attached hydrogens (tertiary/aromatic N) is 1. The first-order chi connectivity index (χ1) is 9.63. The smallest absolute Gasteiger partial charge is 0.0768 e. The first-order valence-corrected chi connectivity index (χ1v) is 7.42. The maximum absolute atomic E-state index is 6.36. The van der Waals surface area contributed by atoms with Crippen LogP contribution in [0.15, 0.2) is 36.5 Å². The summed E-state index contributed by atoms with van der Waals surface area (Å²) in [5, 5.41) is 4.34. The minimum absolute atomic E-state index is 0.0456. The van der Waals surface area contributed by atoms with Gasteiger partial charge in [0.25, 0.3) is 0 Å². The van der Waals surface area contributed by atoms with E-state index in [2.05, 4.69) is 43.2 Å². The largest absolute Gasteiger partial charge is 0.305 e. The van der Waals surface area contributed by atoms with Crippen LogP contribution in [0.2, 0.25) is 5.02 Å². The molecule has 1 atom stereocenters. The molecule has 1 heterocycles. The lowest BCUT2D eigenvalue weighted by atomic mass is 9.99. The molecule has 2 rings (SSSR count). The van der Waals surface area contributed by atoms with E-state index in [0.29, 0.717) is 0 Å². The van der Waals surface area contributed by atoms with Gasteiger partial charge in [-0.1, -0.05) is 42.8 Å². The van der Waals surface area contributed by atoms with Gasteiger partial charge in [0.2, 0.25) is 0 Å². The highest BCUT2D eigenvalue weighted by Gasteiger charge is 2.19. The van der Waals surface area contributed by atoms with Crippen LogP contribution >= 0.6 is 11.6 Å². The maximum atomic E-state index is 6.36. The number of benzene rings is 1. The molecule has 0 saturated carbocycles. The summed E-state index contributed by atoms with van der Waals surface area (Å²) in [6, 6.07) is 10.2. The van der Waals surface area contributed by atoms with Crippen molar-refractivity contribution < 1.29 is 0 Å². The fourth-order valence-electron chi connectivity index (χ4n) is 2.38. The minimum Gasteiger partial charge on any atom is -0.305 e. The van der Waals surface area contributed by atoms with Gasteiger partial charge in [-0.3, -0.25) is 4.98 Å². The van der Waals surface area contributed by atoms with Crippen LogP contribution in [0.5, 0.6) is 0 Å². The topological polar surface area (TPSA) is 24.9 Å². The summed E-state index contributed by atoms with van der Waals surface area (Å²) in [6.07, 6.45) is 2.99. The second-order valence-electron chi connectivity index (χ2n) is 5.12. The van der Waals surface area contributed by atoms with Gasteiger partial charge in [0.05, 0.1) is 11.7 Å². The Labute approximate surface area is 126 Å². The van der Waals surface area contributed by atoms with Crippen LogP contribution in [0.3, 0.4) is 0 Å². The summed E-state index contributed by atoms with van der Waals surface area (Å²) in [5.74, 6) is 0. The third-order valence-electron chi connectivity index (χ3n) is 3.34. The summed E-state index contributed by atoms with van der Waals surface area (Å²) in [4.78, 5) is 4.63. The van der Waals surface area contributed by atoms with Crippen LogP contribution in [0, 0.1) is 13.8 Å². The normalized spacial score (nSPS) is 12.4. The third kappa shape index (κ3) is 3.38. The molecule has 0 aliphatic heterocycles. The molecule has 1 aromatic heterocycles. The molecule has 0 amide bonds. The molecule has 3 heteroatoms. The number of rotatable bonds is 5. The molecule has 0 spiro atoms. The minimum atomic E-state index is 0.0456. The molecule has 1 aromatic carbocycles. The zero-order chi connectivity index (χ0) is 14.5. The van der Waals surface area contributed by atoms with Crippen LogP contribution in [0.1, 0.15) is 41.8 Å². The fraction of sp³-hybridized carbons (Fsp3) is 0.353. The van der Waals surface area contributed by atoms with E-state index in [0.717, 1.165) is 29.2 Å². The Morgan fingerprint density at radius 2 is 2.00 bits per heavy atom. The molecular formula is C17H21ClN2. The molecule has 0 fully saturated rings. The number of aryl methyl sites for hydroxylation is 2. The number of hydrogen-bond donors (Lipinski definition) is 1. The summed E-state index contributed by atoms with van der Waals surface area (Å²) in [7, 11) is 0. The average Bonchev–Trinajstić information content (AvgIpc) is 2.42. The molecule has 0 radical (unpaired) electrons. The molecule has 20 heavy (non-hydrogen) atoms. The van der Waals surface area contributed by atoms with Crippen LogP contribution in [0.4, 0.5) is 0 Å². The van der Waals surface area contributed by atoms with E-state index in [1.165, 1.54) is 11.1 Å². The Hall–Kier alpha value is -1.38. The van der Waals surface area contributed by atoms with Crippen molar-refractivity contribution in [3.05, 3.63) is 63.9 Å². The molecule has 0 bridgehead atoms. The molecular weight excluding hydrogens is 268 g/mol. The standard InChI is InChI=1S/C17H21ClN2/c1-4-9-19-17(14-7-5-6-8-15(14)18)16-13(3)10-12(2)11-20-16/h5-8,10-11,17,19H,4,9H2,1-3H3. The Morgan fingerprint density at radius 3 is 2.65 bits per heavy atom.